The molecule has 1 aromatic carbocycles. The Kier molecular flexibility index (Phi) is 6.87. The van der Waals surface area contributed by atoms with Gasteiger partial charge >= 0.3 is 0 Å². The summed E-state index contributed by atoms with van der Waals surface area (Å²) in [6.45, 7) is 5.29. The summed E-state index contributed by atoms with van der Waals surface area (Å²) in [6, 6.07) is 9.54. The zero-order valence-electron chi connectivity index (χ0n) is 18.8. The van der Waals surface area contributed by atoms with Gasteiger partial charge in [-0.05, 0) is 63.1 Å². The topological polar surface area (TPSA) is 109 Å². The highest BCUT2D eigenvalue weighted by molar-refractivity contribution is 7.89. The van der Waals surface area contributed by atoms with E-state index in [2.05, 4.69) is 5.32 Å². The number of morpholine rings is 1. The summed E-state index contributed by atoms with van der Waals surface area (Å²) in [4.78, 5) is 26.9. The van der Waals surface area contributed by atoms with Gasteiger partial charge < -0.3 is 19.4 Å². The summed E-state index contributed by atoms with van der Waals surface area (Å²) >= 11 is 0. The molecule has 10 heteroatoms. The summed E-state index contributed by atoms with van der Waals surface area (Å²) in [6.07, 6.45) is 2.24. The van der Waals surface area contributed by atoms with Crippen molar-refractivity contribution in [1.29, 1.82) is 0 Å². The molecule has 3 heterocycles. The second-order valence-electron chi connectivity index (χ2n) is 8.64. The van der Waals surface area contributed by atoms with Gasteiger partial charge in [0.1, 0.15) is 0 Å². The van der Waals surface area contributed by atoms with Gasteiger partial charge in [-0.3, -0.25) is 9.59 Å². The molecule has 2 fully saturated rings. The van der Waals surface area contributed by atoms with Gasteiger partial charge in [0, 0.05) is 37.8 Å². The second kappa shape index (κ2) is 9.66. The Morgan fingerprint density at radius 3 is 2.21 bits per heavy atom. The van der Waals surface area contributed by atoms with Gasteiger partial charge in [-0.2, -0.15) is 4.31 Å². The number of hydrogen-bond donors (Lipinski definition) is 1. The van der Waals surface area contributed by atoms with Crippen molar-refractivity contribution in [2.24, 2.45) is 5.92 Å². The molecule has 0 unspecified atom stereocenters. The molecular weight excluding hydrogens is 446 g/mol. The number of amides is 2. The molecule has 2 saturated heterocycles. The minimum Gasteiger partial charge on any atom is -0.459 e. The molecule has 2 aromatic rings. The first-order valence-electron chi connectivity index (χ1n) is 11.1. The number of piperidine rings is 1. The predicted octanol–water partition coefficient (Wildman–Crippen LogP) is 2.57. The summed E-state index contributed by atoms with van der Waals surface area (Å²) < 4.78 is 38.2. The number of nitrogens with one attached hydrogen (secondary N) is 1. The first-order chi connectivity index (χ1) is 15.7. The average molecular weight is 476 g/mol. The van der Waals surface area contributed by atoms with Crippen LogP contribution in [0, 0.1) is 5.92 Å². The molecule has 1 aromatic heterocycles. The van der Waals surface area contributed by atoms with Crippen LogP contribution in [-0.2, 0) is 19.6 Å². The smallest absolute Gasteiger partial charge is 0.289 e. The molecule has 33 heavy (non-hydrogen) atoms. The highest BCUT2D eigenvalue weighted by Gasteiger charge is 2.32. The van der Waals surface area contributed by atoms with Gasteiger partial charge in [0.05, 0.1) is 23.4 Å². The lowest BCUT2D eigenvalue weighted by molar-refractivity contribution is -0.121. The summed E-state index contributed by atoms with van der Waals surface area (Å²) in [5, 5.41) is 2.87. The molecule has 1 N–H and O–H groups in total. The monoisotopic (exact) mass is 475 g/mol. The van der Waals surface area contributed by atoms with Crippen molar-refractivity contribution in [2.75, 3.05) is 31.5 Å². The number of carbonyl (C=O) groups is 2. The first kappa shape index (κ1) is 23.5. The van der Waals surface area contributed by atoms with E-state index in [9.17, 15) is 18.0 Å². The highest BCUT2D eigenvalue weighted by Crippen LogP contribution is 2.24. The lowest BCUT2D eigenvalue weighted by atomic mass is 9.95. The number of sulfonamides is 1. The van der Waals surface area contributed by atoms with Crippen molar-refractivity contribution >= 4 is 27.5 Å². The van der Waals surface area contributed by atoms with Crippen molar-refractivity contribution < 1.29 is 27.2 Å². The maximum absolute atomic E-state index is 13.0. The molecule has 178 valence electrons. The van der Waals surface area contributed by atoms with Gasteiger partial charge in [-0.1, -0.05) is 0 Å². The largest absolute Gasteiger partial charge is 0.459 e. The summed E-state index contributed by atoms with van der Waals surface area (Å²) in [7, 11) is -3.63. The maximum Gasteiger partial charge on any atom is 0.289 e. The van der Waals surface area contributed by atoms with E-state index in [-0.39, 0.29) is 34.8 Å². The molecule has 0 spiro atoms. The number of benzene rings is 1. The zero-order chi connectivity index (χ0) is 23.6. The Labute approximate surface area is 193 Å². The van der Waals surface area contributed by atoms with Crippen molar-refractivity contribution in [3.63, 3.8) is 0 Å². The summed E-state index contributed by atoms with van der Waals surface area (Å²) in [5.74, 6) is -0.217. The van der Waals surface area contributed by atoms with Crippen LogP contribution in [0.25, 0.3) is 0 Å². The Morgan fingerprint density at radius 2 is 1.64 bits per heavy atom. The van der Waals surface area contributed by atoms with Crippen LogP contribution in [0.4, 0.5) is 5.69 Å². The van der Waals surface area contributed by atoms with E-state index in [1.807, 2.05) is 13.8 Å². The third kappa shape index (κ3) is 5.29. The first-order valence-corrected chi connectivity index (χ1v) is 12.6. The fraction of sp³-hybridized carbons (Fsp3) is 0.478. The third-order valence-electron chi connectivity index (χ3n) is 6.03. The van der Waals surface area contributed by atoms with Gasteiger partial charge in [0.25, 0.3) is 5.91 Å². The van der Waals surface area contributed by atoms with Crippen LogP contribution in [0.15, 0.2) is 52.0 Å². The predicted molar refractivity (Wildman–Crippen MR) is 121 cm³/mol. The lowest BCUT2D eigenvalue weighted by Crippen LogP contribution is -2.48. The number of ether oxygens (including phenoxy) is 1. The fourth-order valence-electron chi connectivity index (χ4n) is 4.33. The van der Waals surface area contributed by atoms with Crippen LogP contribution in [0.1, 0.15) is 37.2 Å². The van der Waals surface area contributed by atoms with Crippen LogP contribution in [0.3, 0.4) is 0 Å². The van der Waals surface area contributed by atoms with E-state index < -0.39 is 10.0 Å². The van der Waals surface area contributed by atoms with E-state index in [1.165, 1.54) is 22.7 Å². The molecular formula is C23H29N3O6S. The van der Waals surface area contributed by atoms with Gasteiger partial charge in [0.15, 0.2) is 5.76 Å². The second-order valence-corrected chi connectivity index (χ2v) is 10.6. The van der Waals surface area contributed by atoms with Gasteiger partial charge in [0.2, 0.25) is 15.9 Å². The normalized spacial score (nSPS) is 22.8. The quantitative estimate of drug-likeness (QED) is 0.712. The zero-order valence-corrected chi connectivity index (χ0v) is 19.6. The number of furan rings is 1. The van der Waals surface area contributed by atoms with E-state index >= 15 is 0 Å². The maximum atomic E-state index is 13.0. The van der Waals surface area contributed by atoms with E-state index in [4.69, 9.17) is 9.15 Å². The molecule has 2 aliphatic rings. The Morgan fingerprint density at radius 1 is 1.00 bits per heavy atom. The van der Waals surface area contributed by atoms with Crippen LogP contribution in [0.5, 0.6) is 0 Å². The molecule has 0 saturated carbocycles. The lowest BCUT2D eigenvalue weighted by Gasteiger charge is -2.34. The number of likely N-dealkylation sites (tertiary alicyclic amines) is 1. The number of hydrogen-bond acceptors (Lipinski definition) is 6. The van der Waals surface area contributed by atoms with E-state index in [0.29, 0.717) is 50.5 Å². The van der Waals surface area contributed by atoms with E-state index in [1.54, 1.807) is 29.2 Å². The van der Waals surface area contributed by atoms with E-state index in [0.717, 1.165) is 0 Å². The number of rotatable bonds is 5. The summed E-state index contributed by atoms with van der Waals surface area (Å²) in [5.41, 5.74) is 0.539. The SMILES string of the molecule is C[C@@H]1CN(S(=O)(=O)c2ccc(NC(=O)C3CCN(C(=O)c4ccco4)CC3)cc2)C[C@H](C)O1. The minimum absolute atomic E-state index is 0.133. The number of nitrogens with zero attached hydrogens (tertiary/aromatic N) is 2. The molecule has 4 rings (SSSR count). The van der Waals surface area contributed by atoms with Gasteiger partial charge in [-0.25, -0.2) is 8.42 Å². The minimum atomic E-state index is -3.63. The van der Waals surface area contributed by atoms with Gasteiger partial charge in [-0.15, -0.1) is 0 Å². The van der Waals surface area contributed by atoms with Crippen LogP contribution >= 0.6 is 0 Å². The Hall–Kier alpha value is -2.69. The van der Waals surface area contributed by atoms with Crippen molar-refractivity contribution in [3.05, 3.63) is 48.4 Å². The molecule has 0 aliphatic carbocycles. The molecule has 0 bridgehead atoms. The Balaban J connectivity index is 1.33. The Bertz CT molecular complexity index is 1070. The molecule has 2 atom stereocenters. The van der Waals surface area contributed by atoms with Crippen molar-refractivity contribution in [1.82, 2.24) is 9.21 Å². The standard InChI is InChI=1S/C23H29N3O6S/c1-16-14-26(15-17(2)32-16)33(29,30)20-7-5-19(6-8-20)24-22(27)18-9-11-25(12-10-18)23(28)21-4-3-13-31-21/h3-8,13,16-18H,9-12,14-15H2,1-2H3,(H,24,27)/t16-,17+. The number of carbonyl (C=O) groups excluding carboxylic acids is 2. The third-order valence-corrected chi connectivity index (χ3v) is 7.88. The van der Waals surface area contributed by atoms with Crippen LogP contribution in [-0.4, -0.2) is 67.8 Å². The highest BCUT2D eigenvalue weighted by atomic mass is 32.2. The van der Waals surface area contributed by atoms with Crippen LogP contribution in [0.2, 0.25) is 0 Å². The molecule has 0 radical (unpaired) electrons. The average Bonchev–Trinajstić information content (AvgIpc) is 3.33. The number of anilines is 1. The van der Waals surface area contributed by atoms with Crippen molar-refractivity contribution in [3.8, 4) is 0 Å². The molecule has 9 nitrogen and oxygen atoms in total. The van der Waals surface area contributed by atoms with Crippen molar-refractivity contribution in [2.45, 2.75) is 43.8 Å². The molecule has 2 amide bonds. The molecule has 2 aliphatic heterocycles. The fourth-order valence-corrected chi connectivity index (χ4v) is 5.92. The van der Waals surface area contributed by atoms with Crippen LogP contribution < -0.4 is 5.32 Å².